The van der Waals surface area contributed by atoms with Crippen molar-refractivity contribution in [1.29, 1.82) is 0 Å². The van der Waals surface area contributed by atoms with Crippen molar-refractivity contribution in [2.45, 2.75) is 12.8 Å². The average Bonchev–Trinajstić information content (AvgIpc) is 3.10. The predicted molar refractivity (Wildman–Crippen MR) is 114 cm³/mol. The number of benzene rings is 1. The van der Waals surface area contributed by atoms with Crippen molar-refractivity contribution in [2.24, 2.45) is 4.99 Å². The van der Waals surface area contributed by atoms with E-state index in [1.54, 1.807) is 19.3 Å². The number of aromatic nitrogens is 1. The molecule has 2 N–H and O–H groups in total. The van der Waals surface area contributed by atoms with Crippen LogP contribution in [0.2, 0.25) is 5.15 Å². The molecule has 6 nitrogen and oxygen atoms in total. The molecular weight excluding hydrogens is 467 g/mol. The smallest absolute Gasteiger partial charge is 0.231 e. The zero-order valence-corrected chi connectivity index (χ0v) is 17.6. The van der Waals surface area contributed by atoms with E-state index < -0.39 is 0 Å². The minimum absolute atomic E-state index is 0. The molecule has 0 unspecified atom stereocenters. The van der Waals surface area contributed by atoms with Gasteiger partial charge in [0.2, 0.25) is 6.79 Å². The van der Waals surface area contributed by atoms with Crippen molar-refractivity contribution in [3.8, 4) is 11.5 Å². The number of nitrogens with one attached hydrogen (secondary N) is 2. The summed E-state index contributed by atoms with van der Waals surface area (Å²) in [4.78, 5) is 8.31. The third kappa shape index (κ3) is 5.91. The number of hydrogen-bond donors (Lipinski definition) is 2. The second-order valence-electron chi connectivity index (χ2n) is 5.60. The highest BCUT2D eigenvalue weighted by Crippen LogP contribution is 2.32. The number of guanidine groups is 1. The second kappa shape index (κ2) is 10.4. The normalized spacial score (nSPS) is 12.5. The van der Waals surface area contributed by atoms with Crippen LogP contribution in [0, 0.1) is 0 Å². The Morgan fingerprint density at radius 3 is 2.46 bits per heavy atom. The Bertz CT molecular complexity index is 740. The number of aliphatic imine (C=N–C) groups is 1. The third-order valence-electron chi connectivity index (χ3n) is 3.86. The number of nitrogens with zero attached hydrogens (tertiary/aromatic N) is 2. The van der Waals surface area contributed by atoms with Gasteiger partial charge in [-0.1, -0.05) is 23.7 Å². The van der Waals surface area contributed by atoms with Gasteiger partial charge in [0.05, 0.1) is 0 Å². The lowest BCUT2D eigenvalue weighted by Crippen LogP contribution is -2.39. The van der Waals surface area contributed by atoms with Gasteiger partial charge in [-0.15, -0.1) is 24.0 Å². The molecule has 0 radical (unpaired) electrons. The first-order valence-corrected chi connectivity index (χ1v) is 8.56. The van der Waals surface area contributed by atoms with Gasteiger partial charge < -0.3 is 20.1 Å². The van der Waals surface area contributed by atoms with E-state index in [-0.39, 0.29) is 24.0 Å². The van der Waals surface area contributed by atoms with E-state index >= 15 is 0 Å². The molecule has 0 fully saturated rings. The molecule has 0 amide bonds. The molecule has 0 bridgehead atoms. The Hall–Kier alpha value is -1.74. The van der Waals surface area contributed by atoms with E-state index in [4.69, 9.17) is 21.1 Å². The predicted octanol–water partition coefficient (Wildman–Crippen LogP) is 3.03. The van der Waals surface area contributed by atoms with Crippen molar-refractivity contribution in [3.63, 3.8) is 0 Å². The Morgan fingerprint density at radius 2 is 1.77 bits per heavy atom. The Balaban J connectivity index is 0.00000243. The van der Waals surface area contributed by atoms with Gasteiger partial charge in [-0.05, 0) is 42.2 Å². The summed E-state index contributed by atoms with van der Waals surface area (Å²) in [7, 11) is 1.76. The van der Waals surface area contributed by atoms with E-state index in [1.165, 1.54) is 5.56 Å². The van der Waals surface area contributed by atoms with Gasteiger partial charge in [0, 0.05) is 26.3 Å². The summed E-state index contributed by atoms with van der Waals surface area (Å²) >= 11 is 5.79. The number of pyridine rings is 1. The quantitative estimate of drug-likeness (QED) is 0.283. The fourth-order valence-corrected chi connectivity index (χ4v) is 2.63. The number of hydrogen-bond acceptors (Lipinski definition) is 4. The van der Waals surface area contributed by atoms with Crippen LogP contribution in [-0.2, 0) is 12.8 Å². The van der Waals surface area contributed by atoms with Crippen molar-refractivity contribution >= 4 is 41.5 Å². The molecule has 1 aromatic carbocycles. The molecule has 1 aliphatic heterocycles. The maximum atomic E-state index is 5.79. The van der Waals surface area contributed by atoms with Gasteiger partial charge in [-0.2, -0.15) is 0 Å². The lowest BCUT2D eigenvalue weighted by atomic mass is 10.1. The molecule has 8 heteroatoms. The van der Waals surface area contributed by atoms with Crippen LogP contribution >= 0.6 is 35.6 Å². The van der Waals surface area contributed by atoms with Crippen LogP contribution in [0.4, 0.5) is 0 Å². The molecular formula is C18H22ClIN4O2. The maximum absolute atomic E-state index is 5.79. The molecule has 1 aliphatic rings. The summed E-state index contributed by atoms with van der Waals surface area (Å²) in [6.07, 6.45) is 3.52. The van der Waals surface area contributed by atoms with E-state index in [0.717, 1.165) is 49.0 Å². The summed E-state index contributed by atoms with van der Waals surface area (Å²) in [6.45, 7) is 1.85. The van der Waals surface area contributed by atoms with E-state index in [0.29, 0.717) is 11.9 Å². The van der Waals surface area contributed by atoms with E-state index in [1.807, 2.05) is 18.2 Å². The molecule has 0 saturated carbocycles. The highest BCUT2D eigenvalue weighted by molar-refractivity contribution is 14.0. The molecule has 26 heavy (non-hydrogen) atoms. The summed E-state index contributed by atoms with van der Waals surface area (Å²) < 4.78 is 10.7. The lowest BCUT2D eigenvalue weighted by Gasteiger charge is -2.12. The van der Waals surface area contributed by atoms with E-state index in [2.05, 4.69) is 26.7 Å². The highest BCUT2D eigenvalue weighted by atomic mass is 127. The van der Waals surface area contributed by atoms with Gasteiger partial charge in [-0.25, -0.2) is 4.98 Å². The minimum Gasteiger partial charge on any atom is -0.454 e. The van der Waals surface area contributed by atoms with Gasteiger partial charge in [-0.3, -0.25) is 4.99 Å². The number of rotatable bonds is 6. The fraction of sp³-hybridized carbons (Fsp3) is 0.333. The molecule has 2 aromatic rings. The van der Waals surface area contributed by atoms with Crippen molar-refractivity contribution < 1.29 is 9.47 Å². The minimum atomic E-state index is 0. The van der Waals surface area contributed by atoms with Crippen molar-refractivity contribution in [2.75, 3.05) is 26.9 Å². The van der Waals surface area contributed by atoms with Crippen LogP contribution in [-0.4, -0.2) is 37.9 Å². The summed E-state index contributed by atoms with van der Waals surface area (Å²) in [5.74, 6) is 2.41. The number of halogens is 2. The van der Waals surface area contributed by atoms with E-state index in [9.17, 15) is 0 Å². The molecule has 2 heterocycles. The fourth-order valence-electron chi connectivity index (χ4n) is 2.52. The van der Waals surface area contributed by atoms with Gasteiger partial charge in [0.25, 0.3) is 0 Å². The maximum Gasteiger partial charge on any atom is 0.231 e. The van der Waals surface area contributed by atoms with Crippen LogP contribution < -0.4 is 20.1 Å². The molecule has 0 atom stereocenters. The van der Waals surface area contributed by atoms with Crippen LogP contribution in [0.3, 0.4) is 0 Å². The first-order chi connectivity index (χ1) is 12.2. The van der Waals surface area contributed by atoms with Crippen LogP contribution in [0.15, 0.2) is 41.5 Å². The molecule has 140 valence electrons. The Labute approximate surface area is 175 Å². The highest BCUT2D eigenvalue weighted by Gasteiger charge is 2.12. The topological polar surface area (TPSA) is 67.8 Å². The molecule has 0 saturated heterocycles. The lowest BCUT2D eigenvalue weighted by molar-refractivity contribution is 0.174. The van der Waals surface area contributed by atoms with Crippen molar-refractivity contribution in [3.05, 3.63) is 52.8 Å². The standard InChI is InChI=1S/C18H21ClN4O2.HI/c1-20-18(22-9-7-14-3-5-17(19)23-11-14)21-8-6-13-2-4-15-16(10-13)25-12-24-15;/h2-5,10-11H,6-9,12H2,1H3,(H2,20,21,22);1H. The van der Waals surface area contributed by atoms with Crippen LogP contribution in [0.25, 0.3) is 0 Å². The molecule has 0 aliphatic carbocycles. The summed E-state index contributed by atoms with van der Waals surface area (Å²) in [5.41, 5.74) is 2.33. The molecule has 0 spiro atoms. The average molecular weight is 489 g/mol. The van der Waals surface area contributed by atoms with Crippen LogP contribution in [0.1, 0.15) is 11.1 Å². The number of ether oxygens (including phenoxy) is 2. The summed E-state index contributed by atoms with van der Waals surface area (Å²) in [5, 5.41) is 7.12. The monoisotopic (exact) mass is 488 g/mol. The Morgan fingerprint density at radius 1 is 1.08 bits per heavy atom. The van der Waals surface area contributed by atoms with Gasteiger partial charge in [0.15, 0.2) is 17.5 Å². The zero-order chi connectivity index (χ0) is 17.5. The van der Waals surface area contributed by atoms with Crippen LogP contribution in [0.5, 0.6) is 11.5 Å². The second-order valence-corrected chi connectivity index (χ2v) is 5.99. The first-order valence-electron chi connectivity index (χ1n) is 8.18. The summed E-state index contributed by atoms with van der Waals surface area (Å²) in [6, 6.07) is 9.81. The molecule has 3 rings (SSSR count). The third-order valence-corrected chi connectivity index (χ3v) is 4.09. The van der Waals surface area contributed by atoms with Crippen molar-refractivity contribution in [1.82, 2.24) is 15.6 Å². The number of fused-ring (bicyclic) bond motifs is 1. The molecule has 1 aromatic heterocycles. The van der Waals surface area contributed by atoms with Gasteiger partial charge >= 0.3 is 0 Å². The zero-order valence-electron chi connectivity index (χ0n) is 14.5. The first kappa shape index (κ1) is 20.6. The SMILES string of the molecule is CN=C(NCCc1ccc(Cl)nc1)NCCc1ccc2c(c1)OCO2.I. The largest absolute Gasteiger partial charge is 0.454 e. The Kier molecular flexibility index (Phi) is 8.24. The van der Waals surface area contributed by atoms with Gasteiger partial charge in [0.1, 0.15) is 5.15 Å².